The molecule has 2 aliphatic rings. The fraction of sp³-hybridized carbons (Fsp3) is 0.550. The average molecular weight is 453 g/mol. The highest BCUT2D eigenvalue weighted by molar-refractivity contribution is 7.10. The summed E-state index contributed by atoms with van der Waals surface area (Å²) in [5.41, 5.74) is 1.46. The number of anilines is 2. The fourth-order valence-electron chi connectivity index (χ4n) is 4.62. The Morgan fingerprint density at radius 2 is 2.03 bits per heavy atom. The number of alkyl halides is 3. The molecule has 1 saturated carbocycles. The van der Waals surface area contributed by atoms with Crippen LogP contribution in [0.15, 0.2) is 24.4 Å². The van der Waals surface area contributed by atoms with Crippen LogP contribution < -0.4 is 15.0 Å². The van der Waals surface area contributed by atoms with Crippen molar-refractivity contribution in [2.75, 3.05) is 29.9 Å². The summed E-state index contributed by atoms with van der Waals surface area (Å²) in [7, 11) is 0. The van der Waals surface area contributed by atoms with E-state index in [-0.39, 0.29) is 6.04 Å². The highest BCUT2D eigenvalue weighted by Gasteiger charge is 2.43. The van der Waals surface area contributed by atoms with Gasteiger partial charge in [-0.2, -0.15) is 22.5 Å². The Labute approximate surface area is 181 Å². The van der Waals surface area contributed by atoms with Gasteiger partial charge in [-0.25, -0.2) is 4.52 Å². The van der Waals surface area contributed by atoms with E-state index < -0.39 is 19.2 Å². The highest BCUT2D eigenvalue weighted by Crippen LogP contribution is 2.41. The normalized spacial score (nSPS) is 23.5. The molecule has 1 saturated heterocycles. The van der Waals surface area contributed by atoms with Crippen LogP contribution in [0.4, 0.5) is 24.1 Å². The molecule has 0 amide bonds. The summed E-state index contributed by atoms with van der Waals surface area (Å²) in [6.45, 7) is 3.50. The van der Waals surface area contributed by atoms with Crippen LogP contribution in [0.1, 0.15) is 25.0 Å². The van der Waals surface area contributed by atoms with Crippen LogP contribution in [0.2, 0.25) is 0 Å². The summed E-state index contributed by atoms with van der Waals surface area (Å²) in [5.74, 6) is 1.74. The van der Waals surface area contributed by atoms with Gasteiger partial charge in [0, 0.05) is 25.3 Å². The van der Waals surface area contributed by atoms with Gasteiger partial charge in [0.15, 0.2) is 11.4 Å². The number of nitrogens with zero attached hydrogens (tertiary/aromatic N) is 5. The second kappa shape index (κ2) is 7.85. The SMILES string of the molecule is Cc1cc(N2CC3CC[C@@H](C2)[C@@H]3Nc2nc3c(OCCC(F)(F)F)cccn3n2)sn1. The lowest BCUT2D eigenvalue weighted by Gasteiger charge is -2.38. The maximum atomic E-state index is 12.4. The van der Waals surface area contributed by atoms with Gasteiger partial charge in [-0.3, -0.25) is 0 Å². The van der Waals surface area contributed by atoms with E-state index in [1.165, 1.54) is 5.00 Å². The monoisotopic (exact) mass is 452 g/mol. The third kappa shape index (κ3) is 4.28. The van der Waals surface area contributed by atoms with Crippen LogP contribution in [0.25, 0.3) is 5.65 Å². The zero-order chi connectivity index (χ0) is 21.6. The van der Waals surface area contributed by atoms with Crippen molar-refractivity contribution in [1.82, 2.24) is 19.0 Å². The molecule has 166 valence electrons. The maximum absolute atomic E-state index is 12.4. The Morgan fingerprint density at radius 1 is 1.26 bits per heavy atom. The van der Waals surface area contributed by atoms with Gasteiger partial charge >= 0.3 is 6.18 Å². The van der Waals surface area contributed by atoms with Gasteiger partial charge in [-0.05, 0) is 61.3 Å². The molecule has 31 heavy (non-hydrogen) atoms. The van der Waals surface area contributed by atoms with Crippen molar-refractivity contribution in [3.8, 4) is 5.75 Å². The smallest absolute Gasteiger partial charge is 0.392 e. The van der Waals surface area contributed by atoms with E-state index in [1.54, 1.807) is 34.4 Å². The van der Waals surface area contributed by atoms with Gasteiger partial charge in [-0.1, -0.05) is 0 Å². The van der Waals surface area contributed by atoms with E-state index in [9.17, 15) is 13.2 Å². The number of rotatable bonds is 6. The van der Waals surface area contributed by atoms with Crippen molar-refractivity contribution in [1.29, 1.82) is 0 Å². The lowest BCUT2D eigenvalue weighted by atomic mass is 9.92. The molecular weight excluding hydrogens is 429 g/mol. The zero-order valence-corrected chi connectivity index (χ0v) is 17.8. The molecule has 0 radical (unpaired) electrons. The van der Waals surface area contributed by atoms with Gasteiger partial charge in [0.05, 0.1) is 18.7 Å². The molecule has 3 atom stereocenters. The first-order valence-electron chi connectivity index (χ1n) is 10.4. The summed E-state index contributed by atoms with van der Waals surface area (Å²) in [5, 5.41) is 9.19. The molecule has 0 aromatic carbocycles. The van der Waals surface area contributed by atoms with Crippen molar-refractivity contribution >= 4 is 28.1 Å². The summed E-state index contributed by atoms with van der Waals surface area (Å²) in [6.07, 6.45) is -1.24. The third-order valence-corrected chi connectivity index (χ3v) is 6.97. The molecule has 4 heterocycles. The zero-order valence-electron chi connectivity index (χ0n) is 17.0. The van der Waals surface area contributed by atoms with Crippen LogP contribution in [0.3, 0.4) is 0 Å². The van der Waals surface area contributed by atoms with E-state index in [0.29, 0.717) is 29.2 Å². The van der Waals surface area contributed by atoms with E-state index in [1.807, 2.05) is 6.92 Å². The lowest BCUT2D eigenvalue weighted by molar-refractivity contribution is -0.139. The number of aryl methyl sites for hydroxylation is 1. The van der Waals surface area contributed by atoms with Gasteiger partial charge in [0.1, 0.15) is 5.00 Å². The lowest BCUT2D eigenvalue weighted by Crippen LogP contribution is -2.48. The Kier molecular flexibility index (Phi) is 5.15. The molecule has 2 bridgehead atoms. The van der Waals surface area contributed by atoms with Crippen LogP contribution in [0, 0.1) is 18.8 Å². The minimum Gasteiger partial charge on any atom is -0.489 e. The number of aromatic nitrogens is 4. The number of hydrogen-bond donors (Lipinski definition) is 1. The Balaban J connectivity index is 1.28. The van der Waals surface area contributed by atoms with Crippen LogP contribution in [0.5, 0.6) is 5.75 Å². The first kappa shape index (κ1) is 20.3. The summed E-state index contributed by atoms with van der Waals surface area (Å²) >= 11 is 1.55. The summed E-state index contributed by atoms with van der Waals surface area (Å²) in [6, 6.07) is 5.72. The van der Waals surface area contributed by atoms with E-state index in [4.69, 9.17) is 4.74 Å². The summed E-state index contributed by atoms with van der Waals surface area (Å²) < 4.78 is 48.6. The number of fused-ring (bicyclic) bond motifs is 3. The molecule has 1 unspecified atom stereocenters. The minimum absolute atomic E-state index is 0.275. The quantitative estimate of drug-likeness (QED) is 0.606. The summed E-state index contributed by atoms with van der Waals surface area (Å²) in [4.78, 5) is 6.94. The molecule has 0 spiro atoms. The van der Waals surface area contributed by atoms with Crippen molar-refractivity contribution in [3.05, 3.63) is 30.1 Å². The van der Waals surface area contributed by atoms with Crippen molar-refractivity contribution in [2.24, 2.45) is 11.8 Å². The fourth-order valence-corrected chi connectivity index (χ4v) is 5.40. The first-order chi connectivity index (χ1) is 14.9. The van der Waals surface area contributed by atoms with Gasteiger partial charge in [0.25, 0.3) is 0 Å². The molecule has 5 rings (SSSR count). The molecular formula is C20H23F3N6OS. The predicted octanol–water partition coefficient (Wildman–Crippen LogP) is 4.15. The number of hydrogen-bond acceptors (Lipinski definition) is 7. The number of ether oxygens (including phenoxy) is 1. The topological polar surface area (TPSA) is 67.6 Å². The second-order valence-electron chi connectivity index (χ2n) is 8.27. The predicted molar refractivity (Wildman–Crippen MR) is 112 cm³/mol. The highest BCUT2D eigenvalue weighted by atomic mass is 32.1. The third-order valence-electron chi connectivity index (χ3n) is 6.03. The van der Waals surface area contributed by atoms with E-state index in [2.05, 4.69) is 30.7 Å². The maximum Gasteiger partial charge on any atom is 0.392 e. The molecule has 3 aromatic rings. The molecule has 1 aliphatic carbocycles. The van der Waals surface area contributed by atoms with Crippen LogP contribution >= 0.6 is 11.5 Å². The van der Waals surface area contributed by atoms with Gasteiger partial charge < -0.3 is 15.0 Å². The van der Waals surface area contributed by atoms with Crippen LogP contribution in [-0.2, 0) is 0 Å². The van der Waals surface area contributed by atoms with Crippen molar-refractivity contribution in [3.63, 3.8) is 0 Å². The number of nitrogens with one attached hydrogen (secondary N) is 1. The first-order valence-corrected chi connectivity index (χ1v) is 11.1. The van der Waals surface area contributed by atoms with Gasteiger partial charge in [0.2, 0.25) is 5.95 Å². The van der Waals surface area contributed by atoms with E-state index >= 15 is 0 Å². The number of pyridine rings is 1. The van der Waals surface area contributed by atoms with Crippen molar-refractivity contribution in [2.45, 2.75) is 38.4 Å². The molecule has 7 nitrogen and oxygen atoms in total. The molecule has 11 heteroatoms. The molecule has 2 fully saturated rings. The largest absolute Gasteiger partial charge is 0.489 e. The van der Waals surface area contributed by atoms with Gasteiger partial charge in [-0.15, -0.1) is 5.10 Å². The number of piperidine rings is 1. The minimum atomic E-state index is -4.25. The van der Waals surface area contributed by atoms with Crippen LogP contribution in [-0.4, -0.2) is 50.9 Å². The average Bonchev–Trinajstić information content (AvgIpc) is 3.37. The molecule has 3 aromatic heterocycles. The molecule has 1 N–H and O–H groups in total. The molecule has 1 aliphatic heterocycles. The Hall–Kier alpha value is -2.56. The standard InChI is InChI=1S/C20H23F3N6OS/c1-12-9-16(31-27-12)28-10-13-4-5-14(11-28)17(13)24-19-25-18-15(3-2-7-29(18)26-19)30-8-6-20(21,22)23/h2-3,7,9,13-14,17H,4-6,8,10-11H2,1H3,(H,24,26)/t13-,14?,17-/m0/s1. The Bertz CT molecular complexity index is 1050. The number of halogens is 3. The Morgan fingerprint density at radius 3 is 2.71 bits per heavy atom. The second-order valence-corrected chi connectivity index (χ2v) is 9.05. The van der Waals surface area contributed by atoms with E-state index in [0.717, 1.165) is 31.6 Å². The van der Waals surface area contributed by atoms with Crippen molar-refractivity contribution < 1.29 is 17.9 Å².